The number of thiophene rings is 4. The van der Waals surface area contributed by atoms with Crippen molar-refractivity contribution in [3.8, 4) is 19.5 Å². The van der Waals surface area contributed by atoms with Crippen molar-refractivity contribution in [2.24, 2.45) is 11.8 Å². The van der Waals surface area contributed by atoms with Crippen molar-refractivity contribution in [2.75, 3.05) is 13.1 Å². The van der Waals surface area contributed by atoms with Gasteiger partial charge in [0.2, 0.25) is 0 Å². The largest absolute Gasteiger partial charge is 0.306 e. The molecule has 6 heterocycles. The number of fused-ring (bicyclic) bond motifs is 1. The van der Waals surface area contributed by atoms with E-state index in [0.717, 1.165) is 46.8 Å². The Bertz CT molecular complexity index is 2590. The predicted molar refractivity (Wildman–Crippen MR) is 384 cm³/mol. The van der Waals surface area contributed by atoms with Crippen molar-refractivity contribution < 1.29 is 9.59 Å². The van der Waals surface area contributed by atoms with Crippen LogP contribution in [0.25, 0.3) is 30.9 Å². The molecule has 2 atom stereocenters. The number of unbranched alkanes of at least 4 members (excludes halogenated alkanes) is 32. The van der Waals surface area contributed by atoms with Crippen LogP contribution >= 0.6 is 45.3 Å². The molecule has 0 aliphatic carbocycles. The monoisotopic (exact) mass is 1250 g/mol. The molecule has 0 aromatic carbocycles. The number of hydrogen-bond donors (Lipinski definition) is 0. The first-order chi connectivity index (χ1) is 41.7. The van der Waals surface area contributed by atoms with Gasteiger partial charge in [-0.25, -0.2) is 0 Å². The highest BCUT2D eigenvalue weighted by Gasteiger charge is 2.50. The van der Waals surface area contributed by atoms with Gasteiger partial charge < -0.3 is 9.80 Å². The molecule has 8 heteroatoms. The van der Waals surface area contributed by atoms with E-state index in [4.69, 9.17) is 0 Å². The van der Waals surface area contributed by atoms with Gasteiger partial charge in [-0.15, -0.1) is 45.3 Å². The first kappa shape index (κ1) is 72.3. The first-order valence-corrected chi connectivity index (χ1v) is 39.5. The molecular formula is C78H124N2O2S4. The molecule has 482 valence electrons. The van der Waals surface area contributed by atoms with Crippen molar-refractivity contribution >= 4 is 68.6 Å². The Kier molecular flexibility index (Phi) is 33.2. The summed E-state index contributed by atoms with van der Waals surface area (Å²) < 4.78 is 0. The average molecular weight is 1250 g/mol. The number of hydrogen-bond acceptors (Lipinski definition) is 6. The molecule has 4 nitrogen and oxygen atoms in total. The van der Waals surface area contributed by atoms with Crippen LogP contribution in [0.15, 0.2) is 59.7 Å². The standard InChI is InChI=1S/C78H124N2O2S4/c1-11-15-19-23-27-31-33-37-41-45-48-61(47-43-39-35-29-25-21-17-13-3)59-79-73(67-54-53-64(84-67)63-51-52-65(83-63)66-55-57-69(85-66)77(5,6)7)71-72(76(79)82)74(68-56-58-70(86-68)78(8,9)10)80(75(71)81)60-62(49-44-40-36-30-26-22-18-14-4)50-46-42-38-34-32-28-24-20-16-12-2/h51-58,61-62H,11-50,59-60H2,1-10H3. The van der Waals surface area contributed by atoms with E-state index in [-0.39, 0.29) is 22.6 Å². The highest BCUT2D eigenvalue weighted by Crippen LogP contribution is 2.52. The topological polar surface area (TPSA) is 40.6 Å². The van der Waals surface area contributed by atoms with Gasteiger partial charge in [0.05, 0.1) is 32.3 Å². The molecule has 2 amide bonds. The Balaban J connectivity index is 1.36. The van der Waals surface area contributed by atoms with Crippen LogP contribution in [0.5, 0.6) is 0 Å². The fourth-order valence-electron chi connectivity index (χ4n) is 13.3. The van der Waals surface area contributed by atoms with E-state index < -0.39 is 0 Å². The van der Waals surface area contributed by atoms with Gasteiger partial charge in [0.15, 0.2) is 0 Å². The zero-order chi connectivity index (χ0) is 61.6. The number of amides is 2. The normalized spacial score (nSPS) is 14.8. The van der Waals surface area contributed by atoms with Gasteiger partial charge in [-0.05, 0) is 96.9 Å². The molecule has 6 rings (SSSR count). The van der Waals surface area contributed by atoms with Crippen LogP contribution in [-0.2, 0) is 20.4 Å². The molecule has 0 saturated carbocycles. The van der Waals surface area contributed by atoms with Crippen molar-refractivity contribution in [3.63, 3.8) is 0 Å². The van der Waals surface area contributed by atoms with Crippen LogP contribution in [0, 0.1) is 11.8 Å². The summed E-state index contributed by atoms with van der Waals surface area (Å²) >= 11 is 7.38. The molecule has 0 spiro atoms. The van der Waals surface area contributed by atoms with Crippen LogP contribution in [0.2, 0.25) is 0 Å². The van der Waals surface area contributed by atoms with E-state index in [2.05, 4.69) is 128 Å². The Morgan fingerprint density at radius 2 is 0.523 bits per heavy atom. The second-order valence-corrected chi connectivity index (χ2v) is 33.0. The van der Waals surface area contributed by atoms with Crippen LogP contribution in [0.3, 0.4) is 0 Å². The van der Waals surface area contributed by atoms with Crippen LogP contribution in [0.1, 0.15) is 346 Å². The summed E-state index contributed by atoms with van der Waals surface area (Å²) in [6, 6.07) is 18.3. The van der Waals surface area contributed by atoms with Crippen LogP contribution < -0.4 is 0 Å². The van der Waals surface area contributed by atoms with E-state index in [0.29, 0.717) is 36.1 Å². The quantitative estimate of drug-likeness (QED) is 0.0414. The number of rotatable bonds is 48. The zero-order valence-corrected chi connectivity index (χ0v) is 60.1. The molecule has 0 bridgehead atoms. The fourth-order valence-corrected chi connectivity index (χ4v) is 17.8. The minimum atomic E-state index is -0.0452. The molecule has 0 radical (unpaired) electrons. The van der Waals surface area contributed by atoms with E-state index >= 15 is 9.59 Å². The number of carbonyl (C=O) groups excluding carboxylic acids is 2. The molecule has 4 aromatic rings. The summed E-state index contributed by atoms with van der Waals surface area (Å²) in [5.41, 5.74) is 3.23. The molecule has 0 fully saturated rings. The summed E-state index contributed by atoms with van der Waals surface area (Å²) in [6.07, 6.45) is 52.0. The summed E-state index contributed by atoms with van der Waals surface area (Å²) in [6.45, 7) is 24.4. The van der Waals surface area contributed by atoms with Gasteiger partial charge in [-0.2, -0.15) is 0 Å². The molecular weight excluding hydrogens is 1130 g/mol. The molecule has 2 aliphatic rings. The lowest BCUT2D eigenvalue weighted by Gasteiger charge is -2.29. The van der Waals surface area contributed by atoms with Gasteiger partial charge in [0, 0.05) is 42.4 Å². The SMILES string of the molecule is CCCCCCCCCCCCC(CCCCCCCCCC)CN1C(=O)C2=C(c3ccc(C(C)(C)C)s3)N(CC(CCCCCCCCCC)CCCCCCCCCCCC)C(=O)C2=C1c1ccc(-c2ccc(-c3ccc(C(C)(C)C)s3)s2)s1. The molecule has 0 N–H and O–H groups in total. The average Bonchev–Trinajstić information content (AvgIpc) is 1.58. The lowest BCUT2D eigenvalue weighted by Crippen LogP contribution is -2.34. The minimum absolute atomic E-state index is 0.0452. The second kappa shape index (κ2) is 39.5. The Morgan fingerprint density at radius 3 is 0.814 bits per heavy atom. The van der Waals surface area contributed by atoms with Gasteiger partial charge >= 0.3 is 0 Å². The highest BCUT2D eigenvalue weighted by atomic mass is 32.1. The molecule has 86 heavy (non-hydrogen) atoms. The van der Waals surface area contributed by atoms with Gasteiger partial charge in [-0.3, -0.25) is 9.59 Å². The fraction of sp³-hybridized carbons (Fsp3) is 0.718. The Morgan fingerprint density at radius 1 is 0.302 bits per heavy atom. The Labute approximate surface area is 544 Å². The third-order valence-corrected chi connectivity index (χ3v) is 24.4. The molecule has 0 saturated heterocycles. The Hall–Kier alpha value is -2.78. The third-order valence-electron chi connectivity index (χ3n) is 18.8. The predicted octanol–water partition coefficient (Wildman–Crippen LogP) is 26.6. The smallest absolute Gasteiger partial charge is 0.261 e. The van der Waals surface area contributed by atoms with Crippen molar-refractivity contribution in [1.82, 2.24) is 9.80 Å². The molecule has 2 unspecified atom stereocenters. The number of nitrogens with zero attached hydrogens (tertiary/aromatic N) is 2. The van der Waals surface area contributed by atoms with E-state index in [1.165, 1.54) is 260 Å². The summed E-state index contributed by atoms with van der Waals surface area (Å²) in [5, 5.41) is 0. The maximum atomic E-state index is 16.2. The summed E-state index contributed by atoms with van der Waals surface area (Å²) in [5.74, 6) is 0.893. The van der Waals surface area contributed by atoms with Crippen molar-refractivity contribution in [2.45, 2.75) is 337 Å². The van der Waals surface area contributed by atoms with Crippen LogP contribution in [-0.4, -0.2) is 34.7 Å². The van der Waals surface area contributed by atoms with Crippen LogP contribution in [0.4, 0.5) is 0 Å². The van der Waals surface area contributed by atoms with Gasteiger partial charge in [0.25, 0.3) is 11.8 Å². The van der Waals surface area contributed by atoms with E-state index in [1.54, 1.807) is 11.3 Å². The lowest BCUT2D eigenvalue weighted by molar-refractivity contribution is -0.124. The third kappa shape index (κ3) is 23.5. The van der Waals surface area contributed by atoms with E-state index in [9.17, 15) is 0 Å². The first-order valence-electron chi connectivity index (χ1n) is 36.2. The highest BCUT2D eigenvalue weighted by molar-refractivity contribution is 7.26. The van der Waals surface area contributed by atoms with E-state index in [1.807, 2.05) is 34.0 Å². The van der Waals surface area contributed by atoms with Crippen molar-refractivity contribution in [1.29, 1.82) is 0 Å². The maximum absolute atomic E-state index is 16.2. The molecule has 2 aliphatic heterocycles. The van der Waals surface area contributed by atoms with Gasteiger partial charge in [-0.1, -0.05) is 300 Å². The minimum Gasteiger partial charge on any atom is -0.306 e. The maximum Gasteiger partial charge on any atom is 0.261 e. The molecule has 4 aromatic heterocycles. The zero-order valence-electron chi connectivity index (χ0n) is 56.8. The van der Waals surface area contributed by atoms with Crippen molar-refractivity contribution in [3.05, 3.63) is 79.2 Å². The summed E-state index contributed by atoms with van der Waals surface area (Å²) in [4.78, 5) is 46.6. The number of carbonyl (C=O) groups is 2. The lowest BCUT2D eigenvalue weighted by atomic mass is 9.93. The van der Waals surface area contributed by atoms with Gasteiger partial charge in [0.1, 0.15) is 0 Å². The second-order valence-electron chi connectivity index (χ2n) is 28.6. The summed E-state index contributed by atoms with van der Waals surface area (Å²) in [7, 11) is 0.